The molecule has 8 heavy (non-hydrogen) atoms. The third-order valence-corrected chi connectivity index (χ3v) is 1.34. The van der Waals surface area contributed by atoms with Crippen LogP contribution in [0.15, 0.2) is 0 Å². The van der Waals surface area contributed by atoms with E-state index in [4.69, 9.17) is 1.37 Å². The third kappa shape index (κ3) is 1.46. The minimum Gasteiger partial charge on any atom is -0.314 e. The van der Waals surface area contributed by atoms with Crippen LogP contribution >= 0.6 is 0 Å². The van der Waals surface area contributed by atoms with Gasteiger partial charge >= 0.3 is 0 Å². The molecule has 3 atom stereocenters. The van der Waals surface area contributed by atoms with Crippen LogP contribution in [0.1, 0.15) is 15.2 Å². The van der Waals surface area contributed by atoms with Gasteiger partial charge in [0, 0.05) is 26.5 Å². The van der Waals surface area contributed by atoms with Gasteiger partial charge in [0.05, 0.1) is 0 Å². The number of hydrogen-bond donors (Lipinski definition) is 2. The molecule has 1 fully saturated rings. The summed E-state index contributed by atoms with van der Waals surface area (Å²) in [6.45, 7) is 4.94. The largest absolute Gasteiger partial charge is 0.314 e. The van der Waals surface area contributed by atoms with E-state index < -0.39 is 0 Å². The van der Waals surface area contributed by atoms with E-state index in [2.05, 4.69) is 17.6 Å². The standard InChI is InChI=1S/C6H14N2/c1-5-3-7-4-6(2)8-5/h5-8H,3-4H2,1-2H3/i3D. The van der Waals surface area contributed by atoms with E-state index in [9.17, 15) is 0 Å². The molecule has 1 aliphatic rings. The highest BCUT2D eigenvalue weighted by atomic mass is 15.1. The summed E-state index contributed by atoms with van der Waals surface area (Å²) in [6.07, 6.45) is 0. The highest BCUT2D eigenvalue weighted by molar-refractivity contribution is 4.76. The van der Waals surface area contributed by atoms with Crippen LogP contribution in [-0.2, 0) is 0 Å². The molecule has 0 bridgehead atoms. The summed E-state index contributed by atoms with van der Waals surface area (Å²) in [7, 11) is 0. The summed E-state index contributed by atoms with van der Waals surface area (Å²) in [5.74, 6) is 0. The summed E-state index contributed by atoms with van der Waals surface area (Å²) in [4.78, 5) is 0. The van der Waals surface area contributed by atoms with Crippen molar-refractivity contribution in [2.45, 2.75) is 25.9 Å². The number of nitrogens with one attached hydrogen (secondary N) is 2. The second kappa shape index (κ2) is 2.46. The van der Waals surface area contributed by atoms with Crippen LogP contribution in [0, 0.1) is 0 Å². The molecule has 1 heterocycles. The Bertz CT molecular complexity index is 97.1. The molecule has 2 heteroatoms. The molecule has 0 saturated carbocycles. The van der Waals surface area contributed by atoms with Crippen LogP contribution < -0.4 is 10.6 Å². The van der Waals surface area contributed by atoms with E-state index in [1.807, 2.05) is 6.92 Å². The SMILES string of the molecule is [2H]C1NCC(C)NC1C. The Morgan fingerprint density at radius 2 is 2.25 bits per heavy atom. The first kappa shape index (κ1) is 4.77. The van der Waals surface area contributed by atoms with Gasteiger partial charge in [-0.15, -0.1) is 0 Å². The number of piperazine rings is 1. The normalized spacial score (nSPS) is 50.8. The lowest BCUT2D eigenvalue weighted by atomic mass is 10.2. The molecule has 3 unspecified atom stereocenters. The highest BCUT2D eigenvalue weighted by Crippen LogP contribution is 1.90. The molecule has 0 spiro atoms. The predicted molar refractivity (Wildman–Crippen MR) is 34.9 cm³/mol. The van der Waals surface area contributed by atoms with Gasteiger partial charge in [-0.05, 0) is 13.8 Å². The fourth-order valence-corrected chi connectivity index (χ4v) is 0.977. The van der Waals surface area contributed by atoms with Crippen molar-refractivity contribution in [2.75, 3.05) is 13.1 Å². The summed E-state index contributed by atoms with van der Waals surface area (Å²) in [5.41, 5.74) is 0. The van der Waals surface area contributed by atoms with E-state index in [-0.39, 0.29) is 12.6 Å². The Morgan fingerprint density at radius 3 is 2.75 bits per heavy atom. The number of hydrogen-bond acceptors (Lipinski definition) is 2. The second-order valence-corrected chi connectivity index (χ2v) is 2.43. The molecule has 0 aromatic heterocycles. The van der Waals surface area contributed by atoms with E-state index in [1.54, 1.807) is 0 Å². The van der Waals surface area contributed by atoms with Crippen LogP contribution in [0.5, 0.6) is 0 Å². The lowest BCUT2D eigenvalue weighted by Crippen LogP contribution is -2.52. The molecule has 2 nitrogen and oxygen atoms in total. The van der Waals surface area contributed by atoms with Crippen molar-refractivity contribution in [3.05, 3.63) is 0 Å². The molecule has 48 valence electrons. The minimum absolute atomic E-state index is 0.124. The zero-order valence-corrected chi connectivity index (χ0v) is 5.44. The van der Waals surface area contributed by atoms with Crippen LogP contribution in [0.25, 0.3) is 0 Å². The molecule has 0 radical (unpaired) electrons. The van der Waals surface area contributed by atoms with Crippen LogP contribution in [0.2, 0.25) is 0 Å². The summed E-state index contributed by atoms with van der Waals surface area (Å²) in [5, 5.41) is 6.36. The Labute approximate surface area is 52.1 Å². The van der Waals surface area contributed by atoms with E-state index >= 15 is 0 Å². The molecule has 2 N–H and O–H groups in total. The van der Waals surface area contributed by atoms with E-state index in [1.165, 1.54) is 0 Å². The zero-order valence-electron chi connectivity index (χ0n) is 6.44. The summed E-state index contributed by atoms with van der Waals surface area (Å²) in [6, 6.07) is 0.801. The lowest BCUT2D eigenvalue weighted by Gasteiger charge is -2.26. The van der Waals surface area contributed by atoms with Gasteiger partial charge in [0.1, 0.15) is 0 Å². The van der Waals surface area contributed by atoms with Crippen LogP contribution in [0.4, 0.5) is 0 Å². The van der Waals surface area contributed by atoms with E-state index in [0.717, 1.165) is 6.54 Å². The third-order valence-electron chi connectivity index (χ3n) is 1.34. The molecular formula is C6H14N2. The lowest BCUT2D eigenvalue weighted by molar-refractivity contribution is 0.370. The smallest absolute Gasteiger partial charge is 0.0444 e. The van der Waals surface area contributed by atoms with Gasteiger partial charge < -0.3 is 10.6 Å². The fraction of sp³-hybridized carbons (Fsp3) is 1.00. The maximum absolute atomic E-state index is 7.39. The van der Waals surface area contributed by atoms with Crippen molar-refractivity contribution in [3.63, 3.8) is 0 Å². The summed E-state index contributed by atoms with van der Waals surface area (Å²) >= 11 is 0. The average Bonchev–Trinajstić information content (AvgIpc) is 1.80. The van der Waals surface area contributed by atoms with Crippen molar-refractivity contribution < 1.29 is 1.37 Å². The van der Waals surface area contributed by atoms with Crippen molar-refractivity contribution in [3.8, 4) is 0 Å². The second-order valence-electron chi connectivity index (χ2n) is 2.43. The fourth-order valence-electron chi connectivity index (χ4n) is 0.977. The monoisotopic (exact) mass is 115 g/mol. The van der Waals surface area contributed by atoms with Crippen molar-refractivity contribution in [1.29, 1.82) is 0 Å². The Balaban J connectivity index is 2.35. The van der Waals surface area contributed by atoms with Gasteiger partial charge in [0.15, 0.2) is 0 Å². The molecule has 0 amide bonds. The quantitative estimate of drug-likeness (QED) is 0.463. The molecule has 0 aromatic carbocycles. The Hall–Kier alpha value is -0.0800. The van der Waals surface area contributed by atoms with Gasteiger partial charge in [-0.25, -0.2) is 0 Å². The van der Waals surface area contributed by atoms with Crippen molar-refractivity contribution >= 4 is 0 Å². The minimum atomic E-state index is -0.124. The first-order chi connectivity index (χ1) is 4.20. The van der Waals surface area contributed by atoms with Crippen LogP contribution in [0.3, 0.4) is 0 Å². The average molecular weight is 115 g/mol. The zero-order chi connectivity index (χ0) is 6.85. The molecule has 1 rings (SSSR count). The van der Waals surface area contributed by atoms with E-state index in [0.29, 0.717) is 6.04 Å². The molecule has 0 aromatic rings. The predicted octanol–water partition coefficient (Wildman–Crippen LogP) is -0.0438. The first-order valence-electron chi connectivity index (χ1n) is 3.69. The Morgan fingerprint density at radius 1 is 1.50 bits per heavy atom. The molecular weight excluding hydrogens is 100 g/mol. The molecule has 1 aliphatic heterocycles. The number of rotatable bonds is 0. The first-order valence-corrected chi connectivity index (χ1v) is 3.12. The maximum Gasteiger partial charge on any atom is 0.0444 e. The Kier molecular flexibility index (Phi) is 1.47. The topological polar surface area (TPSA) is 24.1 Å². The van der Waals surface area contributed by atoms with Crippen LogP contribution in [-0.4, -0.2) is 25.1 Å². The van der Waals surface area contributed by atoms with Gasteiger partial charge in [0.2, 0.25) is 0 Å². The highest BCUT2D eigenvalue weighted by Gasteiger charge is 2.11. The summed E-state index contributed by atoms with van der Waals surface area (Å²) < 4.78 is 7.39. The maximum atomic E-state index is 7.39. The molecule has 0 aliphatic carbocycles. The van der Waals surface area contributed by atoms with Gasteiger partial charge in [-0.1, -0.05) is 0 Å². The van der Waals surface area contributed by atoms with Gasteiger partial charge in [0.25, 0.3) is 0 Å². The van der Waals surface area contributed by atoms with Gasteiger partial charge in [-0.3, -0.25) is 0 Å². The van der Waals surface area contributed by atoms with Crippen molar-refractivity contribution in [1.82, 2.24) is 10.6 Å². The van der Waals surface area contributed by atoms with Gasteiger partial charge in [-0.2, -0.15) is 0 Å². The van der Waals surface area contributed by atoms with Crippen molar-refractivity contribution in [2.24, 2.45) is 0 Å². The molecule has 1 saturated heterocycles.